The molecule has 9 nitrogen and oxygen atoms in total. The second kappa shape index (κ2) is 51.2. The van der Waals surface area contributed by atoms with E-state index >= 15 is 0 Å². The minimum Gasteiger partial charge on any atom is -0.756 e. The Bertz CT molecular complexity index is 1400. The Labute approximate surface area is 439 Å². The van der Waals surface area contributed by atoms with Gasteiger partial charge in [0.25, 0.3) is 7.82 Å². The molecule has 0 aliphatic heterocycles. The number of hydrogen-bond acceptors (Lipinski definition) is 7. The van der Waals surface area contributed by atoms with Crippen molar-refractivity contribution in [1.29, 1.82) is 0 Å². The third kappa shape index (κ3) is 52.4. The summed E-state index contributed by atoms with van der Waals surface area (Å²) in [4.78, 5) is 39.8. The first-order valence-corrected chi connectivity index (χ1v) is 31.1. The molecule has 1 N–H and O–H groups in total. The largest absolute Gasteiger partial charge is 0.756 e. The third-order valence-corrected chi connectivity index (χ3v) is 13.9. The van der Waals surface area contributed by atoms with Crippen molar-refractivity contribution in [2.75, 3.05) is 40.9 Å². The molecule has 0 saturated carbocycles. The van der Waals surface area contributed by atoms with Gasteiger partial charge < -0.3 is 28.5 Å². The van der Waals surface area contributed by atoms with Crippen LogP contribution in [0.2, 0.25) is 0 Å². The summed E-state index contributed by atoms with van der Waals surface area (Å²) in [6.07, 6.45) is 63.4. The highest BCUT2D eigenvalue weighted by molar-refractivity contribution is 7.45. The number of nitrogens with one attached hydrogen (secondary N) is 1. The number of amides is 1. The number of phosphoric ester groups is 1. The summed E-state index contributed by atoms with van der Waals surface area (Å²) in [5.74, 6) is -0.621. The van der Waals surface area contributed by atoms with E-state index in [2.05, 4.69) is 68.6 Å². The van der Waals surface area contributed by atoms with Crippen LogP contribution in [0.1, 0.15) is 265 Å². The molecule has 71 heavy (non-hydrogen) atoms. The Kier molecular flexibility index (Phi) is 49.6. The highest BCUT2D eigenvalue weighted by Gasteiger charge is 2.27. The Balaban J connectivity index is 5.37. The smallest absolute Gasteiger partial charge is 0.306 e. The molecule has 0 aromatic carbocycles. The lowest BCUT2D eigenvalue weighted by Gasteiger charge is -2.30. The van der Waals surface area contributed by atoms with E-state index in [1.807, 2.05) is 39.4 Å². The van der Waals surface area contributed by atoms with Gasteiger partial charge in [0, 0.05) is 12.8 Å². The SMILES string of the molecule is CCCCC/C=C\C/C=C\CCCCCCCCCCCC(=O)NC(COP(=O)([O-])OCC[N+](C)(C)C)C(/C=C\CCCCCCCCCCCCC)OC(=O)CC/C=C/C/C=C\CCCCCCCC. The lowest BCUT2D eigenvalue weighted by molar-refractivity contribution is -0.870. The highest BCUT2D eigenvalue weighted by Crippen LogP contribution is 2.38. The predicted octanol–water partition coefficient (Wildman–Crippen LogP) is 17.3. The fourth-order valence-corrected chi connectivity index (χ4v) is 9.03. The number of unbranched alkanes of at least 4 members (excludes halogenated alkanes) is 29. The molecule has 0 aromatic heterocycles. The van der Waals surface area contributed by atoms with Crippen LogP contribution in [0.5, 0.6) is 0 Å². The van der Waals surface area contributed by atoms with Crippen LogP contribution in [0.15, 0.2) is 60.8 Å². The van der Waals surface area contributed by atoms with Crippen LogP contribution in [0, 0.1) is 0 Å². The molecule has 0 spiro atoms. The first-order valence-electron chi connectivity index (χ1n) is 29.6. The van der Waals surface area contributed by atoms with Crippen molar-refractivity contribution in [2.45, 2.75) is 277 Å². The zero-order chi connectivity index (χ0) is 52.2. The quantitative estimate of drug-likeness (QED) is 0.0212. The molecule has 0 radical (unpaired) electrons. The van der Waals surface area contributed by atoms with Gasteiger partial charge in [0.05, 0.1) is 33.8 Å². The predicted molar refractivity (Wildman–Crippen MR) is 302 cm³/mol. The maximum absolute atomic E-state index is 13.5. The number of ether oxygens (including phenoxy) is 1. The van der Waals surface area contributed by atoms with Crippen molar-refractivity contribution < 1.29 is 37.3 Å². The number of likely N-dealkylation sites (N-methyl/N-ethyl adjacent to an activating group) is 1. The van der Waals surface area contributed by atoms with Gasteiger partial charge in [0.15, 0.2) is 0 Å². The van der Waals surface area contributed by atoms with Gasteiger partial charge in [0.1, 0.15) is 19.3 Å². The lowest BCUT2D eigenvalue weighted by Crippen LogP contribution is -2.47. The summed E-state index contributed by atoms with van der Waals surface area (Å²) in [7, 11) is 1.16. The molecular weight excluding hydrogens is 904 g/mol. The number of rotatable bonds is 53. The van der Waals surface area contributed by atoms with Gasteiger partial charge in [-0.1, -0.05) is 230 Å². The minimum absolute atomic E-state index is 0.0316. The minimum atomic E-state index is -4.71. The fourth-order valence-electron chi connectivity index (χ4n) is 8.31. The van der Waals surface area contributed by atoms with E-state index in [4.69, 9.17) is 13.8 Å². The summed E-state index contributed by atoms with van der Waals surface area (Å²) in [6.45, 7) is 6.78. The van der Waals surface area contributed by atoms with Crippen molar-refractivity contribution in [3.05, 3.63) is 60.8 Å². The van der Waals surface area contributed by atoms with Crippen molar-refractivity contribution in [3.8, 4) is 0 Å². The van der Waals surface area contributed by atoms with E-state index in [1.54, 1.807) is 0 Å². The van der Waals surface area contributed by atoms with E-state index in [0.717, 1.165) is 70.6 Å². The van der Waals surface area contributed by atoms with Crippen LogP contribution in [0.3, 0.4) is 0 Å². The number of esters is 1. The average Bonchev–Trinajstić information content (AvgIpc) is 3.33. The molecular formula is C61H113N2O7P. The molecule has 10 heteroatoms. The molecule has 0 rings (SSSR count). The Morgan fingerprint density at radius 3 is 1.32 bits per heavy atom. The number of phosphoric acid groups is 1. The first kappa shape index (κ1) is 68.7. The van der Waals surface area contributed by atoms with Gasteiger partial charge in [-0.2, -0.15) is 0 Å². The molecule has 414 valence electrons. The van der Waals surface area contributed by atoms with E-state index in [9.17, 15) is 19.0 Å². The van der Waals surface area contributed by atoms with E-state index in [1.165, 1.54) is 154 Å². The molecule has 0 aliphatic rings. The number of hydrogen-bond donors (Lipinski definition) is 1. The molecule has 0 aromatic rings. The Hall–Kier alpha value is -2.29. The van der Waals surface area contributed by atoms with Gasteiger partial charge in [0.2, 0.25) is 5.91 Å². The summed E-state index contributed by atoms with van der Waals surface area (Å²) in [5.41, 5.74) is 0. The van der Waals surface area contributed by atoms with Crippen molar-refractivity contribution in [3.63, 3.8) is 0 Å². The van der Waals surface area contributed by atoms with Crippen LogP contribution in [0.25, 0.3) is 0 Å². The summed E-state index contributed by atoms with van der Waals surface area (Å²) < 4.78 is 30.2. The second-order valence-corrected chi connectivity index (χ2v) is 22.6. The van der Waals surface area contributed by atoms with E-state index < -0.39 is 32.5 Å². The van der Waals surface area contributed by atoms with Gasteiger partial charge >= 0.3 is 5.97 Å². The molecule has 3 unspecified atom stereocenters. The van der Waals surface area contributed by atoms with Gasteiger partial charge in [-0.3, -0.25) is 14.2 Å². The Morgan fingerprint density at radius 2 is 0.873 bits per heavy atom. The van der Waals surface area contributed by atoms with Gasteiger partial charge in [-0.15, -0.1) is 0 Å². The maximum Gasteiger partial charge on any atom is 0.306 e. The van der Waals surface area contributed by atoms with Crippen LogP contribution < -0.4 is 10.2 Å². The standard InChI is InChI=1S/C61H113N2O7P/c1-7-10-13-16-19-22-25-28-29-30-31-32-33-36-38-41-44-47-50-53-60(64)62-58(57-69-71(66,67)68-56-55-63(4,5)6)59(52-49-46-43-40-37-34-26-23-20-17-14-11-8-2)70-61(65)54-51-48-45-42-39-35-27-24-21-18-15-12-9-3/h19,22,28-29,35,39,45,48-49,52,58-59H,7-18,20-21,23-27,30-34,36-38,40-44,46-47,50-51,53-57H2,1-6H3,(H-,62,64,66,67)/b22-19-,29-28-,39-35-,48-45+,52-49-. The zero-order valence-electron chi connectivity index (χ0n) is 47.2. The first-order chi connectivity index (χ1) is 34.4. The topological polar surface area (TPSA) is 114 Å². The van der Waals surface area contributed by atoms with Crippen LogP contribution in [-0.2, 0) is 27.9 Å². The van der Waals surface area contributed by atoms with Crippen LogP contribution >= 0.6 is 7.82 Å². The molecule has 0 aliphatic carbocycles. The van der Waals surface area contributed by atoms with E-state index in [0.29, 0.717) is 23.9 Å². The third-order valence-electron chi connectivity index (χ3n) is 12.9. The molecule has 0 fully saturated rings. The van der Waals surface area contributed by atoms with Crippen LogP contribution in [-0.4, -0.2) is 69.4 Å². The van der Waals surface area contributed by atoms with Crippen molar-refractivity contribution in [1.82, 2.24) is 5.32 Å². The number of quaternary nitrogens is 1. The Morgan fingerprint density at radius 1 is 0.493 bits per heavy atom. The van der Waals surface area contributed by atoms with Crippen molar-refractivity contribution in [2.24, 2.45) is 0 Å². The number of carbonyl (C=O) groups excluding carboxylic acids is 2. The highest BCUT2D eigenvalue weighted by atomic mass is 31.2. The fraction of sp³-hybridized carbons (Fsp3) is 0.803. The molecule has 0 saturated heterocycles. The second-order valence-electron chi connectivity index (χ2n) is 21.1. The summed E-state index contributed by atoms with van der Waals surface area (Å²) in [6, 6.07) is -0.913. The monoisotopic (exact) mass is 1020 g/mol. The van der Waals surface area contributed by atoms with Gasteiger partial charge in [-0.25, -0.2) is 0 Å². The van der Waals surface area contributed by atoms with Crippen molar-refractivity contribution >= 4 is 19.7 Å². The maximum atomic E-state index is 13.5. The zero-order valence-corrected chi connectivity index (χ0v) is 48.1. The van der Waals surface area contributed by atoms with Crippen LogP contribution in [0.4, 0.5) is 0 Å². The molecule has 0 bridgehead atoms. The average molecular weight is 1020 g/mol. The molecule has 0 heterocycles. The normalized spacial score (nSPS) is 14.2. The summed E-state index contributed by atoms with van der Waals surface area (Å²) >= 11 is 0. The number of nitrogens with zero attached hydrogens (tertiary/aromatic N) is 1. The van der Waals surface area contributed by atoms with Gasteiger partial charge in [-0.05, 0) is 83.1 Å². The number of allylic oxidation sites excluding steroid dienone is 9. The summed E-state index contributed by atoms with van der Waals surface area (Å²) in [5, 5.41) is 3.01. The lowest BCUT2D eigenvalue weighted by atomic mass is 10.0. The van der Waals surface area contributed by atoms with E-state index in [-0.39, 0.29) is 18.9 Å². The number of carbonyl (C=O) groups is 2. The molecule has 1 amide bonds. The molecule has 3 atom stereocenters.